The van der Waals surface area contributed by atoms with Crippen molar-refractivity contribution in [2.45, 2.75) is 43.7 Å². The molecule has 2 heterocycles. The Labute approximate surface area is 108 Å². The number of fused-ring (bicyclic) bond motifs is 1. The molecule has 1 fully saturated rings. The van der Waals surface area contributed by atoms with E-state index in [0.29, 0.717) is 25.0 Å². The number of carbonyl (C=O) groups is 2. The fourth-order valence-electron chi connectivity index (χ4n) is 2.56. The number of nitrogens with one attached hydrogen (secondary N) is 1. The van der Waals surface area contributed by atoms with Crippen LogP contribution in [0.15, 0.2) is 18.3 Å². The molecule has 1 aromatic heterocycles. The highest BCUT2D eigenvalue weighted by atomic mass is 19.3. The molecule has 1 aliphatic heterocycles. The smallest absolute Gasteiger partial charge is 0.261 e. The van der Waals surface area contributed by atoms with E-state index in [1.807, 2.05) is 0 Å². The fraction of sp³-hybridized carbons (Fsp3) is 0.538. The monoisotopic (exact) mass is 268 g/mol. The zero-order chi connectivity index (χ0) is 13.6. The van der Waals surface area contributed by atoms with Crippen molar-refractivity contribution in [1.82, 2.24) is 9.88 Å². The molecule has 1 atom stereocenters. The topological polar surface area (TPSA) is 51.1 Å². The lowest BCUT2D eigenvalue weighted by Crippen LogP contribution is -2.46. The van der Waals surface area contributed by atoms with E-state index in [4.69, 9.17) is 0 Å². The quantitative estimate of drug-likeness (QED) is 0.910. The Morgan fingerprint density at radius 2 is 2.21 bits per heavy atom. The second-order valence-corrected chi connectivity index (χ2v) is 5.22. The third-order valence-electron chi connectivity index (χ3n) is 3.93. The predicted molar refractivity (Wildman–Crippen MR) is 63.1 cm³/mol. The Morgan fingerprint density at radius 3 is 2.84 bits per heavy atom. The van der Waals surface area contributed by atoms with Crippen LogP contribution in [-0.4, -0.2) is 28.2 Å². The van der Waals surface area contributed by atoms with E-state index in [1.165, 1.54) is 0 Å². The lowest BCUT2D eigenvalue weighted by atomic mass is 10.0. The van der Waals surface area contributed by atoms with Gasteiger partial charge in [0.1, 0.15) is 11.6 Å². The van der Waals surface area contributed by atoms with Crippen molar-refractivity contribution in [3.8, 4) is 0 Å². The van der Waals surface area contributed by atoms with Crippen LogP contribution in [0.25, 0.3) is 0 Å². The van der Waals surface area contributed by atoms with Gasteiger partial charge in [0.05, 0.1) is 5.69 Å². The average molecular weight is 268 g/mol. The lowest BCUT2D eigenvalue weighted by Gasteiger charge is -2.27. The summed E-state index contributed by atoms with van der Waals surface area (Å²) >= 11 is 0. The van der Waals surface area contributed by atoms with E-state index < -0.39 is 23.9 Å². The van der Waals surface area contributed by atoms with Crippen LogP contribution in [0, 0.1) is 0 Å². The predicted octanol–water partition coefficient (Wildman–Crippen LogP) is 1.92. The summed E-state index contributed by atoms with van der Waals surface area (Å²) in [6.45, 7) is 0. The van der Waals surface area contributed by atoms with Gasteiger partial charge in [-0.25, -0.2) is 8.78 Å². The maximum Gasteiger partial charge on any atom is 0.261 e. The van der Waals surface area contributed by atoms with Gasteiger partial charge in [0.25, 0.3) is 6.43 Å². The number of halogens is 2. The minimum atomic E-state index is -2.54. The highest BCUT2D eigenvalue weighted by Gasteiger charge is 2.53. The SMILES string of the molecule is O=C1CCC(C(=O)NC2(C(F)F)CC2)n2cccc21. The van der Waals surface area contributed by atoms with Crippen molar-refractivity contribution >= 4 is 11.7 Å². The lowest BCUT2D eigenvalue weighted by molar-refractivity contribution is -0.127. The summed E-state index contributed by atoms with van der Waals surface area (Å²) in [5.41, 5.74) is -0.848. The number of rotatable bonds is 3. The van der Waals surface area contributed by atoms with Gasteiger partial charge in [0.2, 0.25) is 5.91 Å². The van der Waals surface area contributed by atoms with E-state index >= 15 is 0 Å². The van der Waals surface area contributed by atoms with E-state index in [-0.39, 0.29) is 12.2 Å². The number of Topliss-reactive ketones (excluding diaryl/α,β-unsaturated/α-hetero) is 1. The number of hydrogen-bond acceptors (Lipinski definition) is 2. The summed E-state index contributed by atoms with van der Waals surface area (Å²) in [5, 5.41) is 2.46. The van der Waals surface area contributed by atoms with Crippen molar-refractivity contribution in [1.29, 1.82) is 0 Å². The first-order valence-corrected chi connectivity index (χ1v) is 6.34. The minimum Gasteiger partial charge on any atom is -0.343 e. The van der Waals surface area contributed by atoms with Crippen LogP contribution >= 0.6 is 0 Å². The molecule has 1 N–H and O–H groups in total. The molecular formula is C13H14F2N2O2. The number of nitrogens with zero attached hydrogens (tertiary/aromatic N) is 1. The van der Waals surface area contributed by atoms with E-state index in [1.54, 1.807) is 22.9 Å². The number of carbonyl (C=O) groups excluding carboxylic acids is 2. The van der Waals surface area contributed by atoms with Gasteiger partial charge in [-0.3, -0.25) is 9.59 Å². The first kappa shape index (κ1) is 12.3. The van der Waals surface area contributed by atoms with Gasteiger partial charge in [-0.15, -0.1) is 0 Å². The minimum absolute atomic E-state index is 0.0101. The van der Waals surface area contributed by atoms with Crippen LogP contribution in [0.3, 0.4) is 0 Å². The van der Waals surface area contributed by atoms with Crippen LogP contribution in [0.2, 0.25) is 0 Å². The maximum atomic E-state index is 12.8. The average Bonchev–Trinajstić information content (AvgIpc) is 2.98. The Hall–Kier alpha value is -1.72. The summed E-state index contributed by atoms with van der Waals surface area (Å²) in [6.07, 6.45) is 0.403. The van der Waals surface area contributed by atoms with Crippen LogP contribution in [0.4, 0.5) is 8.78 Å². The molecule has 4 nitrogen and oxygen atoms in total. The molecule has 0 saturated heterocycles. The fourth-order valence-corrected chi connectivity index (χ4v) is 2.56. The largest absolute Gasteiger partial charge is 0.343 e. The first-order valence-electron chi connectivity index (χ1n) is 6.34. The van der Waals surface area contributed by atoms with Gasteiger partial charge in [-0.2, -0.15) is 0 Å². The van der Waals surface area contributed by atoms with Crippen molar-refractivity contribution in [2.24, 2.45) is 0 Å². The van der Waals surface area contributed by atoms with Crippen LogP contribution < -0.4 is 5.32 Å². The highest BCUT2D eigenvalue weighted by molar-refractivity contribution is 5.97. The van der Waals surface area contributed by atoms with Crippen molar-refractivity contribution < 1.29 is 18.4 Å². The third-order valence-corrected chi connectivity index (χ3v) is 3.93. The Balaban J connectivity index is 1.79. The summed E-state index contributed by atoms with van der Waals surface area (Å²) < 4.78 is 27.2. The summed E-state index contributed by atoms with van der Waals surface area (Å²) in [5.74, 6) is -0.424. The normalized spacial score (nSPS) is 24.2. The number of ketones is 1. The number of amides is 1. The molecule has 6 heteroatoms. The van der Waals surface area contributed by atoms with Crippen molar-refractivity contribution in [2.75, 3.05) is 0 Å². The molecule has 102 valence electrons. The van der Waals surface area contributed by atoms with Crippen LogP contribution in [0.5, 0.6) is 0 Å². The van der Waals surface area contributed by atoms with Crippen molar-refractivity contribution in [3.05, 3.63) is 24.0 Å². The Morgan fingerprint density at radius 1 is 1.47 bits per heavy atom. The van der Waals surface area contributed by atoms with Gasteiger partial charge < -0.3 is 9.88 Å². The first-order chi connectivity index (χ1) is 9.03. The zero-order valence-electron chi connectivity index (χ0n) is 10.2. The molecule has 0 radical (unpaired) electrons. The molecular weight excluding hydrogens is 254 g/mol. The van der Waals surface area contributed by atoms with Crippen LogP contribution in [-0.2, 0) is 4.79 Å². The number of aromatic nitrogens is 1. The van der Waals surface area contributed by atoms with E-state index in [0.717, 1.165) is 0 Å². The van der Waals surface area contributed by atoms with Crippen LogP contribution in [0.1, 0.15) is 42.2 Å². The summed E-state index contributed by atoms with van der Waals surface area (Å²) in [4.78, 5) is 23.8. The van der Waals surface area contributed by atoms with E-state index in [9.17, 15) is 18.4 Å². The van der Waals surface area contributed by atoms with Crippen molar-refractivity contribution in [3.63, 3.8) is 0 Å². The second kappa shape index (κ2) is 4.15. The molecule has 1 amide bonds. The number of hydrogen-bond donors (Lipinski definition) is 1. The molecule has 1 aliphatic carbocycles. The standard InChI is InChI=1S/C13H14F2N2O2/c14-12(15)13(5-6-13)16-11(19)9-3-4-10(18)8-2-1-7-17(8)9/h1-2,7,9,12H,3-6H2,(H,16,19). The molecule has 1 saturated carbocycles. The highest BCUT2D eigenvalue weighted by Crippen LogP contribution is 2.41. The number of alkyl halides is 2. The second-order valence-electron chi connectivity index (χ2n) is 5.22. The third kappa shape index (κ3) is 1.95. The van der Waals surface area contributed by atoms with Gasteiger partial charge >= 0.3 is 0 Å². The molecule has 19 heavy (non-hydrogen) atoms. The Bertz CT molecular complexity index is 535. The molecule has 2 aliphatic rings. The summed E-state index contributed by atoms with van der Waals surface area (Å²) in [7, 11) is 0. The zero-order valence-corrected chi connectivity index (χ0v) is 10.2. The molecule has 0 spiro atoms. The van der Waals surface area contributed by atoms with Gasteiger partial charge in [0, 0.05) is 12.6 Å². The molecule has 3 rings (SSSR count). The summed E-state index contributed by atoms with van der Waals surface area (Å²) in [6, 6.07) is 2.79. The Kier molecular flexibility index (Phi) is 2.69. The van der Waals surface area contributed by atoms with Gasteiger partial charge in [0.15, 0.2) is 5.78 Å². The van der Waals surface area contributed by atoms with Gasteiger partial charge in [-0.1, -0.05) is 0 Å². The maximum absolute atomic E-state index is 12.8. The van der Waals surface area contributed by atoms with Gasteiger partial charge in [-0.05, 0) is 31.4 Å². The molecule has 0 aromatic carbocycles. The van der Waals surface area contributed by atoms with E-state index in [2.05, 4.69) is 5.32 Å². The molecule has 1 aromatic rings. The molecule has 1 unspecified atom stereocenters. The molecule has 0 bridgehead atoms.